The third kappa shape index (κ3) is 2.16. The minimum atomic E-state index is -0.153. The first kappa shape index (κ1) is 12.7. The van der Waals surface area contributed by atoms with E-state index in [2.05, 4.69) is 11.4 Å². The van der Waals surface area contributed by atoms with Crippen molar-refractivity contribution in [2.24, 2.45) is 0 Å². The predicted molar refractivity (Wildman–Crippen MR) is 80.9 cm³/mol. The molecule has 20 heavy (non-hydrogen) atoms. The normalized spacial score (nSPS) is 12.7. The van der Waals surface area contributed by atoms with Gasteiger partial charge in [0.2, 0.25) is 0 Å². The summed E-state index contributed by atoms with van der Waals surface area (Å²) in [4.78, 5) is 12.1. The first-order valence-electron chi connectivity index (χ1n) is 6.91. The second-order valence-corrected chi connectivity index (χ2v) is 5.09. The van der Waals surface area contributed by atoms with Gasteiger partial charge in [0.1, 0.15) is 5.58 Å². The minimum absolute atomic E-state index is 0.146. The summed E-state index contributed by atoms with van der Waals surface area (Å²) >= 11 is 0. The van der Waals surface area contributed by atoms with E-state index in [-0.39, 0.29) is 11.9 Å². The van der Waals surface area contributed by atoms with Gasteiger partial charge in [-0.05, 0) is 36.2 Å². The van der Waals surface area contributed by atoms with Gasteiger partial charge >= 0.3 is 0 Å². The van der Waals surface area contributed by atoms with Gasteiger partial charge < -0.3 is 9.73 Å². The highest BCUT2D eigenvalue weighted by Gasteiger charge is 2.15. The first-order chi connectivity index (χ1) is 9.69. The lowest BCUT2D eigenvalue weighted by Gasteiger charge is -2.08. The van der Waals surface area contributed by atoms with Crippen LogP contribution in [0.2, 0.25) is 0 Å². The molecule has 102 valence electrons. The fourth-order valence-electron chi connectivity index (χ4n) is 2.30. The van der Waals surface area contributed by atoms with Crippen LogP contribution in [0.15, 0.2) is 46.9 Å². The van der Waals surface area contributed by atoms with Gasteiger partial charge in [-0.15, -0.1) is 0 Å². The summed E-state index contributed by atoms with van der Waals surface area (Å²) in [6, 6.07) is 14.0. The molecule has 0 aliphatic heterocycles. The fourth-order valence-corrected chi connectivity index (χ4v) is 2.30. The number of hydrogen-bond acceptors (Lipinski definition) is 2. The zero-order valence-corrected chi connectivity index (χ0v) is 11.6. The van der Waals surface area contributed by atoms with Crippen molar-refractivity contribution < 1.29 is 9.21 Å². The van der Waals surface area contributed by atoms with Gasteiger partial charge in [-0.2, -0.15) is 0 Å². The largest absolute Gasteiger partial charge is 0.451 e. The van der Waals surface area contributed by atoms with Gasteiger partial charge in [-0.3, -0.25) is 4.79 Å². The lowest BCUT2D eigenvalue weighted by Crippen LogP contribution is -2.31. The van der Waals surface area contributed by atoms with E-state index >= 15 is 0 Å². The van der Waals surface area contributed by atoms with Crippen molar-refractivity contribution in [1.82, 2.24) is 5.32 Å². The van der Waals surface area contributed by atoms with Crippen LogP contribution in [0.5, 0.6) is 0 Å². The molecular weight excluding hydrogens is 250 g/mol. The van der Waals surface area contributed by atoms with Crippen molar-refractivity contribution in [2.75, 3.05) is 0 Å². The Bertz CT molecular complexity index is 773. The Labute approximate surface area is 117 Å². The van der Waals surface area contributed by atoms with Gasteiger partial charge in [0.15, 0.2) is 5.76 Å². The summed E-state index contributed by atoms with van der Waals surface area (Å²) in [6.45, 7) is 4.02. The van der Waals surface area contributed by atoms with Crippen LogP contribution in [0, 0.1) is 0 Å². The van der Waals surface area contributed by atoms with Crippen LogP contribution in [0.25, 0.3) is 21.7 Å². The van der Waals surface area contributed by atoms with E-state index in [1.165, 1.54) is 0 Å². The fraction of sp³-hybridized carbons (Fsp3) is 0.235. The quantitative estimate of drug-likeness (QED) is 0.775. The average molecular weight is 267 g/mol. The maximum absolute atomic E-state index is 12.1. The summed E-state index contributed by atoms with van der Waals surface area (Å²) in [6.07, 6.45) is 0.898. The maximum Gasteiger partial charge on any atom is 0.287 e. The van der Waals surface area contributed by atoms with Crippen LogP contribution in [0.4, 0.5) is 0 Å². The number of benzene rings is 2. The van der Waals surface area contributed by atoms with Crippen molar-refractivity contribution >= 4 is 27.6 Å². The molecule has 0 fully saturated rings. The van der Waals surface area contributed by atoms with Crippen molar-refractivity contribution in [3.05, 3.63) is 48.2 Å². The molecule has 0 bridgehead atoms. The molecule has 1 N–H and O–H groups in total. The molecule has 0 unspecified atom stereocenters. The zero-order chi connectivity index (χ0) is 14.1. The van der Waals surface area contributed by atoms with Crippen molar-refractivity contribution in [3.63, 3.8) is 0 Å². The van der Waals surface area contributed by atoms with E-state index in [0.717, 1.165) is 28.2 Å². The zero-order valence-electron chi connectivity index (χ0n) is 11.6. The Morgan fingerprint density at radius 2 is 2.00 bits per heavy atom. The van der Waals surface area contributed by atoms with Crippen molar-refractivity contribution in [1.29, 1.82) is 0 Å². The standard InChI is InChI=1S/C17H17NO2/c1-3-11(2)18-17(19)16-10-14-13-7-5-4-6-12(13)8-9-15(14)20-16/h4-11H,3H2,1-2H3,(H,18,19)/t11-/m0/s1. The SMILES string of the molecule is CC[C@H](C)NC(=O)c1cc2c(ccc3ccccc32)o1. The van der Waals surface area contributed by atoms with Crippen LogP contribution >= 0.6 is 0 Å². The second kappa shape index (κ2) is 5.00. The smallest absolute Gasteiger partial charge is 0.287 e. The van der Waals surface area contributed by atoms with Gasteiger partial charge in [0.05, 0.1) is 0 Å². The molecule has 0 spiro atoms. The third-order valence-electron chi connectivity index (χ3n) is 3.64. The van der Waals surface area contributed by atoms with E-state index in [4.69, 9.17) is 4.42 Å². The molecule has 1 aromatic heterocycles. The molecule has 3 rings (SSSR count). The van der Waals surface area contributed by atoms with E-state index in [1.807, 2.05) is 50.2 Å². The van der Waals surface area contributed by atoms with Gasteiger partial charge in [0.25, 0.3) is 5.91 Å². The number of hydrogen-bond donors (Lipinski definition) is 1. The number of rotatable bonds is 3. The van der Waals surface area contributed by atoms with Crippen LogP contribution in [-0.4, -0.2) is 11.9 Å². The third-order valence-corrected chi connectivity index (χ3v) is 3.64. The average Bonchev–Trinajstić information content (AvgIpc) is 2.91. The van der Waals surface area contributed by atoms with Crippen LogP contribution in [0.3, 0.4) is 0 Å². The van der Waals surface area contributed by atoms with Crippen LogP contribution < -0.4 is 5.32 Å². The van der Waals surface area contributed by atoms with Crippen LogP contribution in [-0.2, 0) is 0 Å². The molecule has 2 aromatic carbocycles. The number of carbonyl (C=O) groups excluding carboxylic acids is 1. The Hall–Kier alpha value is -2.29. The van der Waals surface area contributed by atoms with Gasteiger partial charge in [-0.25, -0.2) is 0 Å². The van der Waals surface area contributed by atoms with Gasteiger partial charge in [-0.1, -0.05) is 37.3 Å². The summed E-state index contributed by atoms with van der Waals surface area (Å²) < 4.78 is 5.67. The summed E-state index contributed by atoms with van der Waals surface area (Å²) in [7, 11) is 0. The lowest BCUT2D eigenvalue weighted by atomic mass is 10.1. The molecular formula is C17H17NO2. The summed E-state index contributed by atoms with van der Waals surface area (Å²) in [5.74, 6) is 0.219. The van der Waals surface area contributed by atoms with Crippen molar-refractivity contribution in [2.45, 2.75) is 26.3 Å². The highest BCUT2D eigenvalue weighted by molar-refractivity contribution is 6.08. The van der Waals surface area contributed by atoms with Gasteiger partial charge in [0, 0.05) is 11.4 Å². The minimum Gasteiger partial charge on any atom is -0.451 e. The predicted octanol–water partition coefficient (Wildman–Crippen LogP) is 4.11. The maximum atomic E-state index is 12.1. The highest BCUT2D eigenvalue weighted by Crippen LogP contribution is 2.28. The first-order valence-corrected chi connectivity index (χ1v) is 6.91. The molecule has 3 heteroatoms. The molecule has 3 aromatic rings. The number of carbonyl (C=O) groups is 1. The van der Waals surface area contributed by atoms with E-state index in [1.54, 1.807) is 0 Å². The second-order valence-electron chi connectivity index (χ2n) is 5.09. The topological polar surface area (TPSA) is 42.2 Å². The van der Waals surface area contributed by atoms with E-state index in [0.29, 0.717) is 5.76 Å². The molecule has 1 atom stereocenters. The summed E-state index contributed by atoms with van der Waals surface area (Å²) in [5.41, 5.74) is 0.748. The Balaban J connectivity index is 2.06. The molecule has 3 nitrogen and oxygen atoms in total. The summed E-state index contributed by atoms with van der Waals surface area (Å²) in [5, 5.41) is 6.16. The molecule has 0 aliphatic rings. The number of fused-ring (bicyclic) bond motifs is 3. The molecule has 0 saturated carbocycles. The highest BCUT2D eigenvalue weighted by atomic mass is 16.3. The molecule has 0 radical (unpaired) electrons. The Morgan fingerprint density at radius 1 is 1.20 bits per heavy atom. The van der Waals surface area contributed by atoms with E-state index in [9.17, 15) is 4.79 Å². The molecule has 0 saturated heterocycles. The molecule has 1 amide bonds. The van der Waals surface area contributed by atoms with E-state index < -0.39 is 0 Å². The lowest BCUT2D eigenvalue weighted by molar-refractivity contribution is 0.0913. The van der Waals surface area contributed by atoms with Crippen molar-refractivity contribution in [3.8, 4) is 0 Å². The monoisotopic (exact) mass is 267 g/mol. The number of furan rings is 1. The molecule has 1 heterocycles. The Morgan fingerprint density at radius 3 is 2.80 bits per heavy atom. The number of amides is 1. The molecule has 0 aliphatic carbocycles. The Kier molecular flexibility index (Phi) is 3.18. The number of nitrogens with one attached hydrogen (secondary N) is 1. The van der Waals surface area contributed by atoms with Crippen LogP contribution in [0.1, 0.15) is 30.8 Å².